The molecule has 4 rings (SSSR count). The average Bonchev–Trinajstić information content (AvgIpc) is 2.71. The van der Waals surface area contributed by atoms with E-state index >= 15 is 0 Å². The fourth-order valence-electron chi connectivity index (χ4n) is 3.17. The SMILES string of the molecule is CN(CC(=O)NC[C@@H]1COc2ccccc2O1)c1ccc2ccccc2c1. The van der Waals surface area contributed by atoms with Gasteiger partial charge in [-0.15, -0.1) is 0 Å². The summed E-state index contributed by atoms with van der Waals surface area (Å²) in [4.78, 5) is 14.3. The van der Waals surface area contributed by atoms with Gasteiger partial charge in [-0.05, 0) is 35.0 Å². The predicted octanol–water partition coefficient (Wildman–Crippen LogP) is 3.23. The number of hydrogen-bond acceptors (Lipinski definition) is 4. The molecule has 1 aliphatic rings. The fraction of sp³-hybridized carbons (Fsp3) is 0.227. The van der Waals surface area contributed by atoms with Crippen molar-refractivity contribution in [1.82, 2.24) is 5.32 Å². The van der Waals surface area contributed by atoms with E-state index in [-0.39, 0.29) is 18.6 Å². The van der Waals surface area contributed by atoms with Crippen LogP contribution < -0.4 is 19.7 Å². The molecule has 0 bridgehead atoms. The number of nitrogens with one attached hydrogen (secondary N) is 1. The quantitative estimate of drug-likeness (QED) is 0.757. The van der Waals surface area contributed by atoms with Crippen molar-refractivity contribution in [2.75, 3.05) is 31.6 Å². The second-order valence-electron chi connectivity index (χ2n) is 6.69. The molecular weight excluding hydrogens is 340 g/mol. The molecule has 3 aromatic rings. The number of rotatable bonds is 5. The molecule has 0 saturated carbocycles. The molecule has 1 aliphatic heterocycles. The van der Waals surface area contributed by atoms with Gasteiger partial charge in [0.05, 0.1) is 13.1 Å². The number of fused-ring (bicyclic) bond motifs is 2. The highest BCUT2D eigenvalue weighted by atomic mass is 16.6. The van der Waals surface area contributed by atoms with Crippen LogP contribution in [0.15, 0.2) is 66.7 Å². The molecule has 5 heteroatoms. The number of benzene rings is 3. The number of carbonyl (C=O) groups excluding carboxylic acids is 1. The van der Waals surface area contributed by atoms with Crippen LogP contribution in [0.3, 0.4) is 0 Å². The first kappa shape index (κ1) is 17.2. The van der Waals surface area contributed by atoms with E-state index in [0.29, 0.717) is 13.2 Å². The smallest absolute Gasteiger partial charge is 0.239 e. The highest BCUT2D eigenvalue weighted by molar-refractivity contribution is 5.87. The van der Waals surface area contributed by atoms with Crippen molar-refractivity contribution in [2.45, 2.75) is 6.10 Å². The van der Waals surface area contributed by atoms with Crippen LogP contribution in [-0.4, -0.2) is 38.8 Å². The van der Waals surface area contributed by atoms with E-state index < -0.39 is 0 Å². The monoisotopic (exact) mass is 362 g/mol. The molecule has 1 amide bonds. The number of ether oxygens (including phenoxy) is 2. The van der Waals surface area contributed by atoms with Gasteiger partial charge < -0.3 is 19.7 Å². The standard InChI is InChI=1S/C22H22N2O3/c1-24(18-11-10-16-6-2-3-7-17(16)12-18)14-22(25)23-13-19-15-26-20-8-4-5-9-21(20)27-19/h2-12,19H,13-15H2,1H3,(H,23,25)/t19-/m1/s1. The number of nitrogens with zero attached hydrogens (tertiary/aromatic N) is 1. The molecular formula is C22H22N2O3. The summed E-state index contributed by atoms with van der Waals surface area (Å²) in [5, 5.41) is 5.28. The lowest BCUT2D eigenvalue weighted by Gasteiger charge is -2.27. The molecule has 138 valence electrons. The second-order valence-corrected chi connectivity index (χ2v) is 6.69. The van der Waals surface area contributed by atoms with E-state index in [0.717, 1.165) is 22.6 Å². The Morgan fingerprint density at radius 1 is 1.04 bits per heavy atom. The van der Waals surface area contributed by atoms with Crippen LogP contribution in [0.1, 0.15) is 0 Å². The normalized spacial score (nSPS) is 15.4. The molecule has 0 radical (unpaired) electrons. The zero-order valence-electron chi connectivity index (χ0n) is 15.2. The van der Waals surface area contributed by atoms with E-state index in [1.165, 1.54) is 5.39 Å². The first-order valence-electron chi connectivity index (χ1n) is 9.04. The van der Waals surface area contributed by atoms with E-state index in [9.17, 15) is 4.79 Å². The van der Waals surface area contributed by atoms with Gasteiger partial charge in [0.2, 0.25) is 5.91 Å². The largest absolute Gasteiger partial charge is 0.486 e. The molecule has 27 heavy (non-hydrogen) atoms. The number of amides is 1. The third-order valence-corrected chi connectivity index (χ3v) is 4.65. The maximum atomic E-state index is 12.3. The average molecular weight is 362 g/mol. The van der Waals surface area contributed by atoms with Gasteiger partial charge in [-0.2, -0.15) is 0 Å². The Morgan fingerprint density at radius 3 is 2.63 bits per heavy atom. The Morgan fingerprint density at radius 2 is 1.78 bits per heavy atom. The van der Waals surface area contributed by atoms with Gasteiger partial charge >= 0.3 is 0 Å². The van der Waals surface area contributed by atoms with Gasteiger partial charge in [0, 0.05) is 12.7 Å². The maximum absolute atomic E-state index is 12.3. The second kappa shape index (κ2) is 7.58. The molecule has 1 atom stereocenters. The van der Waals surface area contributed by atoms with Gasteiger partial charge in [-0.1, -0.05) is 42.5 Å². The lowest BCUT2D eigenvalue weighted by molar-refractivity contribution is -0.120. The lowest BCUT2D eigenvalue weighted by atomic mass is 10.1. The van der Waals surface area contributed by atoms with Crippen LogP contribution in [0.4, 0.5) is 5.69 Å². The van der Waals surface area contributed by atoms with Gasteiger partial charge in [0.25, 0.3) is 0 Å². The summed E-state index contributed by atoms with van der Waals surface area (Å²) in [5.74, 6) is 1.42. The molecule has 0 aromatic heterocycles. The summed E-state index contributed by atoms with van der Waals surface area (Å²) >= 11 is 0. The molecule has 1 heterocycles. The third-order valence-electron chi connectivity index (χ3n) is 4.65. The number of anilines is 1. The van der Waals surface area contributed by atoms with Crippen molar-refractivity contribution in [3.05, 3.63) is 66.7 Å². The highest BCUT2D eigenvalue weighted by Gasteiger charge is 2.21. The Balaban J connectivity index is 1.31. The molecule has 0 fully saturated rings. The zero-order valence-corrected chi connectivity index (χ0v) is 15.2. The summed E-state index contributed by atoms with van der Waals surface area (Å²) in [6, 6.07) is 22.0. The van der Waals surface area contributed by atoms with Crippen molar-refractivity contribution >= 4 is 22.4 Å². The van der Waals surface area contributed by atoms with Crippen LogP contribution in [0.2, 0.25) is 0 Å². The molecule has 5 nitrogen and oxygen atoms in total. The molecule has 3 aromatic carbocycles. The minimum absolute atomic E-state index is 0.0480. The van der Waals surface area contributed by atoms with Crippen LogP contribution >= 0.6 is 0 Å². The van der Waals surface area contributed by atoms with Gasteiger partial charge in [0.15, 0.2) is 11.5 Å². The van der Waals surface area contributed by atoms with Crippen LogP contribution in [0, 0.1) is 0 Å². The van der Waals surface area contributed by atoms with Crippen molar-refractivity contribution < 1.29 is 14.3 Å². The summed E-state index contributed by atoms with van der Waals surface area (Å²) in [7, 11) is 1.92. The summed E-state index contributed by atoms with van der Waals surface area (Å²) in [6.07, 6.45) is -0.185. The zero-order chi connectivity index (χ0) is 18.6. The van der Waals surface area contributed by atoms with Gasteiger partial charge in [0.1, 0.15) is 12.7 Å². The Hall–Kier alpha value is -3.21. The predicted molar refractivity (Wildman–Crippen MR) is 107 cm³/mol. The lowest BCUT2D eigenvalue weighted by Crippen LogP contribution is -2.43. The number of hydrogen-bond donors (Lipinski definition) is 1. The van der Waals surface area contributed by atoms with Crippen LogP contribution in [0.25, 0.3) is 10.8 Å². The molecule has 1 N–H and O–H groups in total. The first-order valence-corrected chi connectivity index (χ1v) is 9.04. The topological polar surface area (TPSA) is 50.8 Å². The first-order chi connectivity index (χ1) is 13.2. The van der Waals surface area contributed by atoms with Gasteiger partial charge in [-0.3, -0.25) is 4.79 Å². The van der Waals surface area contributed by atoms with Gasteiger partial charge in [-0.25, -0.2) is 0 Å². The van der Waals surface area contributed by atoms with E-state index in [1.807, 2.05) is 54.4 Å². The van der Waals surface area contributed by atoms with E-state index in [1.54, 1.807) is 0 Å². The Bertz CT molecular complexity index is 957. The minimum atomic E-state index is -0.185. The molecule has 0 saturated heterocycles. The van der Waals surface area contributed by atoms with Crippen molar-refractivity contribution in [2.24, 2.45) is 0 Å². The highest BCUT2D eigenvalue weighted by Crippen LogP contribution is 2.30. The maximum Gasteiger partial charge on any atom is 0.239 e. The van der Waals surface area contributed by atoms with Crippen molar-refractivity contribution in [1.29, 1.82) is 0 Å². The minimum Gasteiger partial charge on any atom is -0.486 e. The molecule has 0 aliphatic carbocycles. The van der Waals surface area contributed by atoms with Crippen molar-refractivity contribution in [3.8, 4) is 11.5 Å². The molecule has 0 unspecified atom stereocenters. The van der Waals surface area contributed by atoms with E-state index in [2.05, 4.69) is 29.6 Å². The summed E-state index contributed by atoms with van der Waals surface area (Å²) in [5.41, 5.74) is 1.01. The molecule has 0 spiro atoms. The summed E-state index contributed by atoms with van der Waals surface area (Å²) < 4.78 is 11.5. The Labute approximate surface area is 158 Å². The summed E-state index contributed by atoms with van der Waals surface area (Å²) in [6.45, 7) is 1.12. The number of carbonyl (C=O) groups is 1. The fourth-order valence-corrected chi connectivity index (χ4v) is 3.17. The van der Waals surface area contributed by atoms with E-state index in [4.69, 9.17) is 9.47 Å². The number of likely N-dealkylation sites (N-methyl/N-ethyl adjacent to an activating group) is 1. The van der Waals surface area contributed by atoms with Crippen LogP contribution in [-0.2, 0) is 4.79 Å². The van der Waals surface area contributed by atoms with Crippen molar-refractivity contribution in [3.63, 3.8) is 0 Å². The van der Waals surface area contributed by atoms with Crippen LogP contribution in [0.5, 0.6) is 11.5 Å². The number of para-hydroxylation sites is 2. The Kier molecular flexibility index (Phi) is 4.83. The third kappa shape index (κ3) is 3.97.